The second-order valence-corrected chi connectivity index (χ2v) is 13.5. The number of nitrogens with one attached hydrogen (secondary N) is 1. The van der Waals surface area contributed by atoms with Crippen LogP contribution in [0.2, 0.25) is 0 Å². The second-order valence-electron chi connectivity index (χ2n) is 11.6. The molecule has 0 fully saturated rings. The lowest BCUT2D eigenvalue weighted by atomic mass is 10.0. The molecule has 0 aromatic heterocycles. The lowest BCUT2D eigenvalue weighted by molar-refractivity contribution is -0.140. The van der Waals surface area contributed by atoms with Crippen LogP contribution >= 0.6 is 0 Å². The number of carbonyl (C=O) groups excluding carboxylic acids is 2. The van der Waals surface area contributed by atoms with Crippen LogP contribution in [0.15, 0.2) is 108 Å². The van der Waals surface area contributed by atoms with E-state index in [4.69, 9.17) is 0 Å². The van der Waals surface area contributed by atoms with E-state index in [9.17, 15) is 18.0 Å². The van der Waals surface area contributed by atoms with Crippen LogP contribution in [0.4, 0.5) is 5.69 Å². The Bertz CT molecular complexity index is 1690. The normalized spacial score (nSPS) is 12.6. The fraction of sp³-hybridized carbons (Fsp3) is 0.297. The first kappa shape index (κ1) is 33.5. The number of rotatable bonds is 13. The minimum Gasteiger partial charge on any atom is -0.352 e. The molecule has 0 saturated heterocycles. The smallest absolute Gasteiger partial charge is 0.264 e. The summed E-state index contributed by atoms with van der Waals surface area (Å²) >= 11 is 0. The molecule has 236 valence electrons. The number of hydrogen-bond acceptors (Lipinski definition) is 4. The van der Waals surface area contributed by atoms with E-state index >= 15 is 0 Å². The highest BCUT2D eigenvalue weighted by Gasteiger charge is 2.35. The highest BCUT2D eigenvalue weighted by Crippen LogP contribution is 2.29. The summed E-state index contributed by atoms with van der Waals surface area (Å²) in [6, 6.07) is 30.1. The van der Waals surface area contributed by atoms with Crippen molar-refractivity contribution in [2.24, 2.45) is 0 Å². The third kappa shape index (κ3) is 8.60. The largest absolute Gasteiger partial charge is 0.352 e. The average molecular weight is 626 g/mol. The molecule has 0 bridgehead atoms. The molecular weight excluding hydrogens is 582 g/mol. The molecule has 7 nitrogen and oxygen atoms in total. The predicted octanol–water partition coefficient (Wildman–Crippen LogP) is 6.36. The summed E-state index contributed by atoms with van der Waals surface area (Å²) in [7, 11) is -4.14. The fourth-order valence-electron chi connectivity index (χ4n) is 5.11. The van der Waals surface area contributed by atoms with E-state index in [0.717, 1.165) is 28.7 Å². The van der Waals surface area contributed by atoms with Gasteiger partial charge in [-0.1, -0.05) is 97.4 Å². The van der Waals surface area contributed by atoms with Crippen LogP contribution in [0.5, 0.6) is 0 Å². The quantitative estimate of drug-likeness (QED) is 0.187. The Kier molecular flexibility index (Phi) is 11.2. The van der Waals surface area contributed by atoms with Gasteiger partial charge in [0, 0.05) is 19.0 Å². The predicted molar refractivity (Wildman–Crippen MR) is 180 cm³/mol. The lowest BCUT2D eigenvalue weighted by Crippen LogP contribution is -2.54. The third-order valence-electron chi connectivity index (χ3n) is 7.99. The van der Waals surface area contributed by atoms with E-state index in [2.05, 4.69) is 5.32 Å². The van der Waals surface area contributed by atoms with Gasteiger partial charge in [-0.3, -0.25) is 13.9 Å². The molecule has 2 amide bonds. The molecule has 0 saturated carbocycles. The minimum absolute atomic E-state index is 0.0825. The molecule has 0 spiro atoms. The van der Waals surface area contributed by atoms with Crippen LogP contribution in [0.1, 0.15) is 48.1 Å². The van der Waals surface area contributed by atoms with Crippen molar-refractivity contribution in [3.05, 3.63) is 131 Å². The average Bonchev–Trinajstić information content (AvgIpc) is 3.04. The highest BCUT2D eigenvalue weighted by molar-refractivity contribution is 7.92. The Morgan fingerprint density at radius 3 is 2.00 bits per heavy atom. The van der Waals surface area contributed by atoms with E-state index in [-0.39, 0.29) is 29.8 Å². The van der Waals surface area contributed by atoms with Crippen molar-refractivity contribution >= 4 is 27.5 Å². The Morgan fingerprint density at radius 2 is 1.38 bits per heavy atom. The number of sulfonamides is 1. The summed E-state index contributed by atoms with van der Waals surface area (Å²) in [5.41, 5.74) is 4.81. The number of nitrogens with zero attached hydrogens (tertiary/aromatic N) is 2. The van der Waals surface area contributed by atoms with E-state index in [1.807, 2.05) is 101 Å². The summed E-state index contributed by atoms with van der Waals surface area (Å²) in [5.74, 6) is -0.755. The SMILES string of the molecule is CCC(C)NC(=O)C(Cc1ccccc1)N(Cc1ccc(C)cc1)C(=O)CN(c1cc(C)ccc1C)S(=O)(=O)c1ccccc1. The summed E-state index contributed by atoms with van der Waals surface area (Å²) in [6.07, 6.45) is 1.00. The summed E-state index contributed by atoms with van der Waals surface area (Å²) < 4.78 is 29.6. The van der Waals surface area contributed by atoms with Gasteiger partial charge in [-0.2, -0.15) is 0 Å². The molecule has 0 aliphatic heterocycles. The summed E-state index contributed by atoms with van der Waals surface area (Å²) in [6.45, 7) is 9.28. The van der Waals surface area contributed by atoms with Crippen molar-refractivity contribution in [3.63, 3.8) is 0 Å². The van der Waals surface area contributed by atoms with Gasteiger partial charge in [0.1, 0.15) is 12.6 Å². The number of hydrogen-bond donors (Lipinski definition) is 1. The number of amides is 2. The lowest BCUT2D eigenvalue weighted by Gasteiger charge is -2.34. The topological polar surface area (TPSA) is 86.8 Å². The monoisotopic (exact) mass is 625 g/mol. The maximum absolute atomic E-state index is 14.6. The Morgan fingerprint density at radius 1 is 0.778 bits per heavy atom. The molecule has 0 aliphatic carbocycles. The summed E-state index contributed by atoms with van der Waals surface area (Å²) in [5, 5.41) is 3.07. The van der Waals surface area contributed by atoms with Gasteiger partial charge in [-0.05, 0) is 74.6 Å². The highest BCUT2D eigenvalue weighted by atomic mass is 32.2. The Labute approximate surface area is 268 Å². The minimum atomic E-state index is -4.14. The molecular formula is C37H43N3O4S. The van der Waals surface area contributed by atoms with Crippen molar-refractivity contribution in [2.75, 3.05) is 10.8 Å². The van der Waals surface area contributed by atoms with Crippen molar-refractivity contribution in [2.45, 2.75) is 71.0 Å². The number of carbonyl (C=O) groups is 2. The van der Waals surface area contributed by atoms with Gasteiger partial charge in [0.2, 0.25) is 11.8 Å². The van der Waals surface area contributed by atoms with Crippen molar-refractivity contribution in [3.8, 4) is 0 Å². The van der Waals surface area contributed by atoms with Crippen molar-refractivity contribution in [1.82, 2.24) is 10.2 Å². The molecule has 2 unspecified atom stereocenters. The number of aryl methyl sites for hydroxylation is 3. The molecule has 4 aromatic carbocycles. The van der Waals surface area contributed by atoms with E-state index < -0.39 is 28.5 Å². The first-order chi connectivity index (χ1) is 21.5. The third-order valence-corrected chi connectivity index (χ3v) is 9.76. The molecule has 4 rings (SSSR count). The van der Waals surface area contributed by atoms with Gasteiger partial charge in [-0.15, -0.1) is 0 Å². The van der Waals surface area contributed by atoms with Gasteiger partial charge in [-0.25, -0.2) is 8.42 Å². The molecule has 45 heavy (non-hydrogen) atoms. The first-order valence-electron chi connectivity index (χ1n) is 15.3. The second kappa shape index (κ2) is 15.0. The molecule has 1 N–H and O–H groups in total. The van der Waals surface area contributed by atoms with Gasteiger partial charge in [0.25, 0.3) is 10.0 Å². The van der Waals surface area contributed by atoms with Gasteiger partial charge < -0.3 is 10.2 Å². The van der Waals surface area contributed by atoms with E-state index in [1.54, 1.807) is 24.3 Å². The molecule has 0 aliphatic rings. The zero-order valence-electron chi connectivity index (χ0n) is 26.7. The zero-order valence-corrected chi connectivity index (χ0v) is 27.6. The van der Waals surface area contributed by atoms with Crippen LogP contribution in [0, 0.1) is 20.8 Å². The van der Waals surface area contributed by atoms with Crippen LogP contribution in [0.3, 0.4) is 0 Å². The van der Waals surface area contributed by atoms with Gasteiger partial charge in [0.05, 0.1) is 10.6 Å². The van der Waals surface area contributed by atoms with Crippen LogP contribution in [-0.4, -0.2) is 43.8 Å². The van der Waals surface area contributed by atoms with Crippen LogP contribution in [0.25, 0.3) is 0 Å². The Hall–Kier alpha value is -4.43. The molecule has 4 aromatic rings. The maximum atomic E-state index is 14.6. The van der Waals surface area contributed by atoms with Gasteiger partial charge >= 0.3 is 0 Å². The fourth-order valence-corrected chi connectivity index (χ4v) is 6.60. The van der Waals surface area contributed by atoms with Crippen molar-refractivity contribution < 1.29 is 18.0 Å². The molecule has 2 atom stereocenters. The summed E-state index contributed by atoms with van der Waals surface area (Å²) in [4.78, 5) is 30.2. The van der Waals surface area contributed by atoms with Crippen molar-refractivity contribution in [1.29, 1.82) is 0 Å². The van der Waals surface area contributed by atoms with Crippen LogP contribution in [-0.2, 0) is 32.6 Å². The number of benzene rings is 4. The van der Waals surface area contributed by atoms with Crippen LogP contribution < -0.4 is 9.62 Å². The standard InChI is InChI=1S/C37H43N3O4S/c1-6-30(5)38-37(42)35(24-31-13-9-7-10-14-31)39(25-32-21-18-27(2)19-22-32)36(41)26-40(34-23-28(3)17-20-29(34)4)45(43,44)33-15-11-8-12-16-33/h7-23,30,35H,6,24-26H2,1-5H3,(H,38,42). The number of anilines is 1. The zero-order chi connectivity index (χ0) is 32.6. The van der Waals surface area contributed by atoms with E-state index in [1.165, 1.54) is 21.3 Å². The van der Waals surface area contributed by atoms with E-state index in [0.29, 0.717) is 11.3 Å². The Balaban J connectivity index is 1.83. The molecule has 8 heteroatoms. The maximum Gasteiger partial charge on any atom is 0.264 e. The first-order valence-corrected chi connectivity index (χ1v) is 16.8. The molecule has 0 heterocycles. The van der Waals surface area contributed by atoms with Gasteiger partial charge in [0.15, 0.2) is 0 Å². The molecule has 0 radical (unpaired) electrons.